The first-order valence-electron chi connectivity index (χ1n) is 4.27. The summed E-state index contributed by atoms with van der Waals surface area (Å²) in [5.41, 5.74) is 0.775. The van der Waals surface area contributed by atoms with Crippen molar-refractivity contribution in [2.75, 3.05) is 0 Å². The quantitative estimate of drug-likeness (QED) is 0.805. The maximum Gasteiger partial charge on any atom is 0.141 e. The normalized spacial score (nSPS) is 10.3. The van der Waals surface area contributed by atoms with E-state index in [0.717, 1.165) is 0 Å². The van der Waals surface area contributed by atoms with Crippen molar-refractivity contribution in [3.8, 4) is 17.0 Å². The van der Waals surface area contributed by atoms with Gasteiger partial charge in [-0.25, -0.2) is 4.39 Å². The molecule has 1 N–H and O–H groups in total. The summed E-state index contributed by atoms with van der Waals surface area (Å²) in [6, 6.07) is 7.10. The van der Waals surface area contributed by atoms with Gasteiger partial charge in [-0.15, -0.1) is 0 Å². The molecule has 0 aliphatic carbocycles. The molecular weight excluding hydrogens is 217 g/mol. The largest absolute Gasteiger partial charge is 0.506 e. The zero-order valence-electron chi connectivity index (χ0n) is 7.61. The zero-order valence-corrected chi connectivity index (χ0v) is 8.37. The fourth-order valence-corrected chi connectivity index (χ4v) is 1.53. The van der Waals surface area contributed by atoms with Crippen LogP contribution >= 0.6 is 11.6 Å². The van der Waals surface area contributed by atoms with Gasteiger partial charge in [0.05, 0.1) is 0 Å². The summed E-state index contributed by atoms with van der Waals surface area (Å²) >= 11 is 5.70. The Morgan fingerprint density at radius 1 is 1.27 bits per heavy atom. The van der Waals surface area contributed by atoms with Crippen LogP contribution in [0.1, 0.15) is 0 Å². The van der Waals surface area contributed by atoms with Gasteiger partial charge in [-0.05, 0) is 30.3 Å². The van der Waals surface area contributed by atoms with Gasteiger partial charge in [-0.2, -0.15) is 0 Å². The fraction of sp³-hybridized carbons (Fsp3) is 0. The van der Waals surface area contributed by atoms with Gasteiger partial charge in [0.2, 0.25) is 0 Å². The van der Waals surface area contributed by atoms with Crippen molar-refractivity contribution in [2.24, 2.45) is 0 Å². The summed E-state index contributed by atoms with van der Waals surface area (Å²) in [4.78, 5) is 3.96. The van der Waals surface area contributed by atoms with Crippen LogP contribution in [0.3, 0.4) is 0 Å². The lowest BCUT2D eigenvalue weighted by molar-refractivity contribution is 0.475. The number of aromatic hydroxyl groups is 1. The summed E-state index contributed by atoms with van der Waals surface area (Å²) in [6.07, 6.45) is 1.52. The second-order valence-electron chi connectivity index (χ2n) is 3.03. The molecule has 1 aromatic carbocycles. The predicted molar refractivity (Wildman–Crippen MR) is 56.3 cm³/mol. The summed E-state index contributed by atoms with van der Waals surface area (Å²) < 4.78 is 13.1. The van der Waals surface area contributed by atoms with Crippen molar-refractivity contribution >= 4 is 11.6 Å². The minimum atomic E-state index is -0.456. The maximum absolute atomic E-state index is 13.1. The summed E-state index contributed by atoms with van der Waals surface area (Å²) in [7, 11) is 0. The molecule has 0 spiro atoms. The Morgan fingerprint density at radius 3 is 2.73 bits per heavy atom. The van der Waals surface area contributed by atoms with Crippen molar-refractivity contribution in [1.82, 2.24) is 4.98 Å². The van der Waals surface area contributed by atoms with Crippen LogP contribution in [0.15, 0.2) is 36.5 Å². The molecule has 1 aromatic heterocycles. The molecule has 76 valence electrons. The standard InChI is InChI=1S/C11H7ClFNO/c12-8-4-7(5-9(13)6-8)11-10(15)2-1-3-14-11/h1-6,15H. The van der Waals surface area contributed by atoms with E-state index in [1.54, 1.807) is 12.1 Å². The lowest BCUT2D eigenvalue weighted by atomic mass is 10.1. The van der Waals surface area contributed by atoms with Crippen molar-refractivity contribution in [1.29, 1.82) is 0 Å². The number of hydrogen-bond acceptors (Lipinski definition) is 2. The van der Waals surface area contributed by atoms with E-state index in [-0.39, 0.29) is 10.8 Å². The Morgan fingerprint density at radius 2 is 2.07 bits per heavy atom. The van der Waals surface area contributed by atoms with Gasteiger partial charge in [0, 0.05) is 16.8 Å². The van der Waals surface area contributed by atoms with Crippen molar-refractivity contribution < 1.29 is 9.50 Å². The molecule has 0 amide bonds. The van der Waals surface area contributed by atoms with E-state index in [0.29, 0.717) is 11.3 Å². The number of nitrogens with zero attached hydrogens (tertiary/aromatic N) is 1. The van der Waals surface area contributed by atoms with Crippen LogP contribution in [0, 0.1) is 5.82 Å². The highest BCUT2D eigenvalue weighted by atomic mass is 35.5. The average molecular weight is 224 g/mol. The lowest BCUT2D eigenvalue weighted by Gasteiger charge is -2.03. The molecule has 0 saturated heterocycles. The first-order chi connectivity index (χ1) is 7.16. The van der Waals surface area contributed by atoms with Crippen LogP contribution in [0.5, 0.6) is 5.75 Å². The Balaban J connectivity index is 2.59. The molecule has 0 radical (unpaired) electrons. The van der Waals surface area contributed by atoms with Crippen LogP contribution in [0.4, 0.5) is 4.39 Å². The third-order valence-electron chi connectivity index (χ3n) is 1.92. The topological polar surface area (TPSA) is 33.1 Å². The number of benzene rings is 1. The van der Waals surface area contributed by atoms with Crippen LogP contribution in [0.2, 0.25) is 5.02 Å². The molecule has 0 fully saturated rings. The minimum absolute atomic E-state index is 0.000772. The second kappa shape index (κ2) is 3.87. The van der Waals surface area contributed by atoms with Gasteiger partial charge in [-0.1, -0.05) is 11.6 Å². The third-order valence-corrected chi connectivity index (χ3v) is 2.14. The SMILES string of the molecule is Oc1cccnc1-c1cc(F)cc(Cl)c1. The Labute approximate surface area is 91.0 Å². The number of aromatic nitrogens is 1. The smallest absolute Gasteiger partial charge is 0.141 e. The van der Waals surface area contributed by atoms with E-state index >= 15 is 0 Å². The van der Waals surface area contributed by atoms with Gasteiger partial charge in [-0.3, -0.25) is 4.98 Å². The molecule has 0 aliphatic rings. The first-order valence-corrected chi connectivity index (χ1v) is 4.65. The Kier molecular flexibility index (Phi) is 2.56. The van der Waals surface area contributed by atoms with Gasteiger partial charge in [0.1, 0.15) is 17.3 Å². The molecule has 0 atom stereocenters. The first kappa shape index (κ1) is 9.93. The van der Waals surface area contributed by atoms with E-state index in [2.05, 4.69) is 4.98 Å². The van der Waals surface area contributed by atoms with Gasteiger partial charge in [0.15, 0.2) is 0 Å². The molecule has 0 saturated carbocycles. The molecule has 2 nitrogen and oxygen atoms in total. The van der Waals surface area contributed by atoms with Crippen molar-refractivity contribution in [3.05, 3.63) is 47.4 Å². The Hall–Kier alpha value is -1.61. The lowest BCUT2D eigenvalue weighted by Crippen LogP contribution is -1.85. The summed E-state index contributed by atoms with van der Waals surface area (Å²) in [5.74, 6) is -0.457. The maximum atomic E-state index is 13.1. The molecule has 0 bridgehead atoms. The monoisotopic (exact) mass is 223 g/mol. The average Bonchev–Trinajstić information content (AvgIpc) is 2.16. The highest BCUT2D eigenvalue weighted by Gasteiger charge is 2.07. The van der Waals surface area contributed by atoms with Gasteiger partial charge in [0.25, 0.3) is 0 Å². The van der Waals surface area contributed by atoms with E-state index in [1.807, 2.05) is 0 Å². The molecule has 2 rings (SSSR count). The Bertz CT molecular complexity index is 481. The van der Waals surface area contributed by atoms with E-state index in [4.69, 9.17) is 11.6 Å². The van der Waals surface area contributed by atoms with E-state index in [9.17, 15) is 9.50 Å². The highest BCUT2D eigenvalue weighted by Crippen LogP contribution is 2.28. The number of hydrogen-bond donors (Lipinski definition) is 1. The van der Waals surface area contributed by atoms with Crippen LogP contribution in [-0.4, -0.2) is 10.1 Å². The minimum Gasteiger partial charge on any atom is -0.506 e. The van der Waals surface area contributed by atoms with Crippen LogP contribution < -0.4 is 0 Å². The highest BCUT2D eigenvalue weighted by molar-refractivity contribution is 6.30. The van der Waals surface area contributed by atoms with Gasteiger partial charge >= 0.3 is 0 Å². The number of pyridine rings is 1. The molecule has 0 unspecified atom stereocenters. The molecule has 0 aliphatic heterocycles. The van der Waals surface area contributed by atoms with Crippen LogP contribution in [0.25, 0.3) is 11.3 Å². The predicted octanol–water partition coefficient (Wildman–Crippen LogP) is 3.25. The molecule has 4 heteroatoms. The summed E-state index contributed by atoms with van der Waals surface area (Å²) in [6.45, 7) is 0. The zero-order chi connectivity index (χ0) is 10.8. The van der Waals surface area contributed by atoms with Crippen molar-refractivity contribution in [3.63, 3.8) is 0 Å². The second-order valence-corrected chi connectivity index (χ2v) is 3.47. The van der Waals surface area contributed by atoms with Gasteiger partial charge < -0.3 is 5.11 Å². The molecule has 1 heterocycles. The number of halogens is 2. The molecular formula is C11H7ClFNO. The molecule has 15 heavy (non-hydrogen) atoms. The third kappa shape index (κ3) is 2.07. The van der Waals surface area contributed by atoms with E-state index < -0.39 is 5.82 Å². The molecule has 2 aromatic rings. The fourth-order valence-electron chi connectivity index (χ4n) is 1.31. The van der Waals surface area contributed by atoms with E-state index in [1.165, 1.54) is 24.4 Å². The van der Waals surface area contributed by atoms with Crippen LogP contribution in [-0.2, 0) is 0 Å². The van der Waals surface area contributed by atoms with Crippen molar-refractivity contribution in [2.45, 2.75) is 0 Å². The summed E-state index contributed by atoms with van der Waals surface area (Å²) in [5, 5.41) is 9.79. The number of rotatable bonds is 1.